The van der Waals surface area contributed by atoms with E-state index in [1.807, 2.05) is 25.1 Å². The van der Waals surface area contributed by atoms with Crippen LogP contribution in [0.25, 0.3) is 0 Å². The van der Waals surface area contributed by atoms with Crippen LogP contribution in [0.4, 0.5) is 0 Å². The molecule has 1 rings (SSSR count). The van der Waals surface area contributed by atoms with Crippen LogP contribution in [0, 0.1) is 6.92 Å². The molecule has 0 aliphatic heterocycles. The summed E-state index contributed by atoms with van der Waals surface area (Å²) in [6.07, 6.45) is 9.44. The minimum Gasteiger partial charge on any atom is -0.387 e. The van der Waals surface area contributed by atoms with Crippen molar-refractivity contribution in [2.45, 2.75) is 71.3 Å². The number of rotatable bonds is 9. The highest BCUT2D eigenvalue weighted by molar-refractivity contribution is 5.11. The Morgan fingerprint density at radius 1 is 1.06 bits per heavy atom. The number of unbranched alkanes of at least 4 members (excludes halogenated alkanes) is 6. The molecule has 0 fully saturated rings. The zero-order valence-corrected chi connectivity index (χ0v) is 11.9. The van der Waals surface area contributed by atoms with E-state index in [2.05, 4.69) is 11.9 Å². The van der Waals surface area contributed by atoms with Gasteiger partial charge in [-0.25, -0.2) is 0 Å². The Bertz CT molecular complexity index is 325. The van der Waals surface area contributed by atoms with Crippen molar-refractivity contribution in [1.29, 1.82) is 0 Å². The average molecular weight is 249 g/mol. The molecule has 1 aromatic heterocycles. The van der Waals surface area contributed by atoms with Gasteiger partial charge in [-0.15, -0.1) is 0 Å². The van der Waals surface area contributed by atoms with Gasteiger partial charge in [-0.2, -0.15) is 0 Å². The van der Waals surface area contributed by atoms with Crippen molar-refractivity contribution in [1.82, 2.24) is 4.98 Å². The van der Waals surface area contributed by atoms with Crippen molar-refractivity contribution < 1.29 is 5.11 Å². The van der Waals surface area contributed by atoms with Crippen LogP contribution in [0.3, 0.4) is 0 Å². The van der Waals surface area contributed by atoms with Crippen LogP contribution in [-0.2, 0) is 0 Å². The Morgan fingerprint density at radius 3 is 2.39 bits per heavy atom. The predicted molar refractivity (Wildman–Crippen MR) is 76.5 cm³/mol. The number of hydrogen-bond donors (Lipinski definition) is 1. The quantitative estimate of drug-likeness (QED) is 0.651. The van der Waals surface area contributed by atoms with Crippen LogP contribution in [0.1, 0.15) is 75.8 Å². The molecule has 1 aromatic rings. The summed E-state index contributed by atoms with van der Waals surface area (Å²) >= 11 is 0. The van der Waals surface area contributed by atoms with Crippen LogP contribution < -0.4 is 0 Å². The number of hydrogen-bond acceptors (Lipinski definition) is 2. The van der Waals surface area contributed by atoms with Gasteiger partial charge in [-0.3, -0.25) is 4.98 Å². The van der Waals surface area contributed by atoms with Crippen molar-refractivity contribution in [3.63, 3.8) is 0 Å². The average Bonchev–Trinajstić information content (AvgIpc) is 2.37. The zero-order chi connectivity index (χ0) is 13.2. The van der Waals surface area contributed by atoms with E-state index in [1.54, 1.807) is 0 Å². The summed E-state index contributed by atoms with van der Waals surface area (Å²) in [6, 6.07) is 5.84. The zero-order valence-electron chi connectivity index (χ0n) is 11.9. The normalized spacial score (nSPS) is 12.6. The van der Waals surface area contributed by atoms with E-state index in [4.69, 9.17) is 0 Å². The summed E-state index contributed by atoms with van der Waals surface area (Å²) in [4.78, 5) is 4.36. The first-order chi connectivity index (χ1) is 8.74. The maximum Gasteiger partial charge on any atom is 0.0959 e. The van der Waals surface area contributed by atoms with Crippen LogP contribution in [0.15, 0.2) is 18.2 Å². The van der Waals surface area contributed by atoms with Gasteiger partial charge in [0, 0.05) is 5.69 Å². The lowest BCUT2D eigenvalue weighted by Gasteiger charge is -2.10. The lowest BCUT2D eigenvalue weighted by Crippen LogP contribution is -2.01. The number of aliphatic hydroxyl groups excluding tert-OH is 1. The Morgan fingerprint density at radius 2 is 1.72 bits per heavy atom. The van der Waals surface area contributed by atoms with Gasteiger partial charge in [0.1, 0.15) is 0 Å². The Kier molecular flexibility index (Phi) is 7.66. The minimum absolute atomic E-state index is 0.388. The molecule has 2 nitrogen and oxygen atoms in total. The second-order valence-corrected chi connectivity index (χ2v) is 5.13. The molecule has 1 N–H and O–H groups in total. The molecule has 0 bridgehead atoms. The van der Waals surface area contributed by atoms with Crippen molar-refractivity contribution in [2.24, 2.45) is 0 Å². The van der Waals surface area contributed by atoms with E-state index in [1.165, 1.54) is 38.5 Å². The van der Waals surface area contributed by atoms with Gasteiger partial charge in [0.15, 0.2) is 0 Å². The maximum atomic E-state index is 10.0. The standard InChI is InChI=1S/C16H27NO/c1-3-4-5-6-7-8-9-13-16(18)15-12-10-11-14(2)17-15/h10-12,16,18H,3-9,13H2,1-2H3. The summed E-state index contributed by atoms with van der Waals surface area (Å²) in [7, 11) is 0. The molecular formula is C16H27NO. The molecule has 0 radical (unpaired) electrons. The molecule has 0 aliphatic carbocycles. The number of nitrogens with zero attached hydrogens (tertiary/aromatic N) is 1. The number of aromatic nitrogens is 1. The van der Waals surface area contributed by atoms with Gasteiger partial charge < -0.3 is 5.11 Å². The molecule has 18 heavy (non-hydrogen) atoms. The van der Waals surface area contributed by atoms with Crippen LogP contribution in [0.2, 0.25) is 0 Å². The summed E-state index contributed by atoms with van der Waals surface area (Å²) in [5.74, 6) is 0. The van der Waals surface area contributed by atoms with Crippen molar-refractivity contribution >= 4 is 0 Å². The van der Waals surface area contributed by atoms with Gasteiger partial charge in [0.25, 0.3) is 0 Å². The third kappa shape index (κ3) is 6.15. The fourth-order valence-corrected chi connectivity index (χ4v) is 2.19. The Labute approximate surface area is 111 Å². The topological polar surface area (TPSA) is 33.1 Å². The van der Waals surface area contributed by atoms with Crippen molar-refractivity contribution in [3.8, 4) is 0 Å². The molecular weight excluding hydrogens is 222 g/mol. The van der Waals surface area contributed by atoms with E-state index < -0.39 is 0 Å². The summed E-state index contributed by atoms with van der Waals surface area (Å²) in [5.41, 5.74) is 1.80. The monoisotopic (exact) mass is 249 g/mol. The van der Waals surface area contributed by atoms with Gasteiger partial charge >= 0.3 is 0 Å². The van der Waals surface area contributed by atoms with E-state index in [0.717, 1.165) is 24.2 Å². The summed E-state index contributed by atoms with van der Waals surface area (Å²) < 4.78 is 0. The lowest BCUT2D eigenvalue weighted by atomic mass is 10.0. The van der Waals surface area contributed by atoms with Crippen molar-refractivity contribution in [2.75, 3.05) is 0 Å². The number of aliphatic hydroxyl groups is 1. The number of pyridine rings is 1. The molecule has 0 aliphatic rings. The molecule has 102 valence electrons. The van der Waals surface area contributed by atoms with Gasteiger partial charge in [0.05, 0.1) is 11.8 Å². The fraction of sp³-hybridized carbons (Fsp3) is 0.688. The Balaban J connectivity index is 2.12. The largest absolute Gasteiger partial charge is 0.387 e. The second kappa shape index (κ2) is 9.09. The van der Waals surface area contributed by atoms with Crippen LogP contribution in [-0.4, -0.2) is 10.1 Å². The van der Waals surface area contributed by atoms with E-state index in [-0.39, 0.29) is 6.10 Å². The summed E-state index contributed by atoms with van der Waals surface area (Å²) in [6.45, 7) is 4.20. The summed E-state index contributed by atoms with van der Waals surface area (Å²) in [5, 5.41) is 10.0. The lowest BCUT2D eigenvalue weighted by molar-refractivity contribution is 0.158. The van der Waals surface area contributed by atoms with Crippen molar-refractivity contribution in [3.05, 3.63) is 29.6 Å². The van der Waals surface area contributed by atoms with E-state index >= 15 is 0 Å². The molecule has 2 heteroatoms. The second-order valence-electron chi connectivity index (χ2n) is 5.13. The first kappa shape index (κ1) is 15.2. The molecule has 0 saturated carbocycles. The predicted octanol–water partition coefficient (Wildman–Crippen LogP) is 4.56. The highest BCUT2D eigenvalue weighted by Crippen LogP contribution is 2.18. The molecule has 1 unspecified atom stereocenters. The van der Waals surface area contributed by atoms with E-state index in [0.29, 0.717) is 0 Å². The third-order valence-corrected chi connectivity index (χ3v) is 3.33. The highest BCUT2D eigenvalue weighted by Gasteiger charge is 2.08. The molecule has 0 amide bonds. The molecule has 0 aromatic carbocycles. The van der Waals surface area contributed by atoms with Gasteiger partial charge in [0.2, 0.25) is 0 Å². The fourth-order valence-electron chi connectivity index (χ4n) is 2.19. The van der Waals surface area contributed by atoms with Gasteiger partial charge in [-0.05, 0) is 25.5 Å². The maximum absolute atomic E-state index is 10.0. The highest BCUT2D eigenvalue weighted by atomic mass is 16.3. The van der Waals surface area contributed by atoms with Crippen LogP contribution >= 0.6 is 0 Å². The third-order valence-electron chi connectivity index (χ3n) is 3.33. The SMILES string of the molecule is CCCCCCCCCC(O)c1cccc(C)n1. The first-order valence-corrected chi connectivity index (χ1v) is 7.35. The number of aryl methyl sites for hydroxylation is 1. The van der Waals surface area contributed by atoms with E-state index in [9.17, 15) is 5.11 Å². The van der Waals surface area contributed by atoms with Crippen LogP contribution in [0.5, 0.6) is 0 Å². The van der Waals surface area contributed by atoms with Gasteiger partial charge in [-0.1, -0.05) is 57.9 Å². The molecule has 1 heterocycles. The molecule has 0 saturated heterocycles. The minimum atomic E-state index is -0.388. The Hall–Kier alpha value is -0.890. The smallest absolute Gasteiger partial charge is 0.0959 e. The molecule has 0 spiro atoms. The first-order valence-electron chi connectivity index (χ1n) is 7.35. The molecule has 1 atom stereocenters.